The standard InChI is InChI=1S/C54H36N2/c1-3-13-37(14-4-1)38-23-25-39(26-24-38)40-27-30-43(31-28-40)55(42-16-5-2-6-17-42)44-32-34-45(35-33-44)56-51-22-12-11-21-50(51)53-52-46-18-8-7-15-41(46)29-36-48(52)47-19-9-10-20-49(47)54(53)56/h1-36H. The van der Waals surface area contributed by atoms with E-state index in [0.29, 0.717) is 0 Å². The molecule has 10 aromatic carbocycles. The minimum atomic E-state index is 1.10. The summed E-state index contributed by atoms with van der Waals surface area (Å²) in [5.74, 6) is 0. The van der Waals surface area contributed by atoms with Gasteiger partial charge in [-0.1, -0.05) is 164 Å². The van der Waals surface area contributed by atoms with Crippen molar-refractivity contribution < 1.29 is 0 Å². The summed E-state index contributed by atoms with van der Waals surface area (Å²) in [6.45, 7) is 0. The van der Waals surface area contributed by atoms with Crippen LogP contribution in [-0.4, -0.2) is 4.57 Å². The number of fused-ring (bicyclic) bond motifs is 10. The second kappa shape index (κ2) is 13.2. The van der Waals surface area contributed by atoms with Gasteiger partial charge < -0.3 is 9.47 Å². The van der Waals surface area contributed by atoms with Gasteiger partial charge in [-0.3, -0.25) is 0 Å². The highest BCUT2D eigenvalue weighted by Crippen LogP contribution is 2.45. The van der Waals surface area contributed by atoms with Gasteiger partial charge in [-0.05, 0) is 98.4 Å². The Bertz CT molecular complexity index is 3200. The van der Waals surface area contributed by atoms with Crippen LogP contribution in [0.1, 0.15) is 0 Å². The molecule has 0 atom stereocenters. The molecule has 0 saturated carbocycles. The molecule has 262 valence electrons. The number of rotatable bonds is 6. The van der Waals surface area contributed by atoms with Crippen LogP contribution in [0.2, 0.25) is 0 Å². The molecule has 0 amide bonds. The minimum absolute atomic E-state index is 1.10. The van der Waals surface area contributed by atoms with E-state index in [1.807, 2.05) is 0 Å². The summed E-state index contributed by atoms with van der Waals surface area (Å²) in [7, 11) is 0. The summed E-state index contributed by atoms with van der Waals surface area (Å²) >= 11 is 0. The molecule has 2 nitrogen and oxygen atoms in total. The summed E-state index contributed by atoms with van der Waals surface area (Å²) in [6.07, 6.45) is 0. The van der Waals surface area contributed by atoms with Gasteiger partial charge in [0, 0.05) is 44.3 Å². The molecule has 0 spiro atoms. The van der Waals surface area contributed by atoms with Gasteiger partial charge >= 0.3 is 0 Å². The highest BCUT2D eigenvalue weighted by atomic mass is 15.1. The van der Waals surface area contributed by atoms with Crippen LogP contribution in [0.4, 0.5) is 17.1 Å². The van der Waals surface area contributed by atoms with Gasteiger partial charge in [0.2, 0.25) is 0 Å². The molecule has 0 aliphatic carbocycles. The Hall–Kier alpha value is -7.42. The van der Waals surface area contributed by atoms with Crippen LogP contribution in [0.15, 0.2) is 218 Å². The van der Waals surface area contributed by atoms with E-state index in [1.54, 1.807) is 0 Å². The van der Waals surface area contributed by atoms with Gasteiger partial charge in [0.15, 0.2) is 0 Å². The number of para-hydroxylation sites is 2. The van der Waals surface area contributed by atoms with E-state index >= 15 is 0 Å². The van der Waals surface area contributed by atoms with E-state index < -0.39 is 0 Å². The van der Waals surface area contributed by atoms with Crippen molar-refractivity contribution in [2.75, 3.05) is 4.90 Å². The number of aromatic nitrogens is 1. The largest absolute Gasteiger partial charge is 0.311 e. The lowest BCUT2D eigenvalue weighted by Gasteiger charge is -2.26. The quantitative estimate of drug-likeness (QED) is 0.156. The van der Waals surface area contributed by atoms with Crippen LogP contribution in [0, 0.1) is 0 Å². The molecule has 56 heavy (non-hydrogen) atoms. The van der Waals surface area contributed by atoms with Crippen LogP contribution in [0.25, 0.3) is 82.1 Å². The van der Waals surface area contributed by atoms with E-state index in [-0.39, 0.29) is 0 Å². The number of anilines is 3. The molecule has 1 aromatic heterocycles. The summed E-state index contributed by atoms with van der Waals surface area (Å²) in [6, 6.07) is 79.2. The van der Waals surface area contributed by atoms with Crippen LogP contribution >= 0.6 is 0 Å². The van der Waals surface area contributed by atoms with Gasteiger partial charge in [-0.25, -0.2) is 0 Å². The second-order valence-electron chi connectivity index (χ2n) is 14.5. The predicted octanol–water partition coefficient (Wildman–Crippen LogP) is 15.0. The molecule has 0 N–H and O–H groups in total. The monoisotopic (exact) mass is 712 g/mol. The Kier molecular flexibility index (Phi) is 7.53. The first-order valence-electron chi connectivity index (χ1n) is 19.3. The highest BCUT2D eigenvalue weighted by molar-refractivity contribution is 6.36. The average molecular weight is 713 g/mol. The third-order valence-corrected chi connectivity index (χ3v) is 11.4. The van der Waals surface area contributed by atoms with E-state index in [0.717, 1.165) is 22.7 Å². The minimum Gasteiger partial charge on any atom is -0.311 e. The Morgan fingerprint density at radius 3 is 1.45 bits per heavy atom. The lowest BCUT2D eigenvalue weighted by Crippen LogP contribution is -2.10. The van der Waals surface area contributed by atoms with E-state index in [9.17, 15) is 0 Å². The molecule has 11 aromatic rings. The SMILES string of the molecule is c1ccc(-c2ccc(-c3ccc(N(c4ccccc4)c4ccc(-n5c6ccccc6c6c7c8ccccc8ccc7c7ccccc7c65)cc4)cc3)cc2)cc1. The summed E-state index contributed by atoms with van der Waals surface area (Å²) < 4.78 is 2.47. The number of hydrogen-bond donors (Lipinski definition) is 0. The molecule has 0 fully saturated rings. The van der Waals surface area contributed by atoms with Crippen molar-refractivity contribution in [1.29, 1.82) is 0 Å². The van der Waals surface area contributed by atoms with E-state index in [4.69, 9.17) is 0 Å². The Morgan fingerprint density at radius 1 is 0.286 bits per heavy atom. The van der Waals surface area contributed by atoms with Gasteiger partial charge in [0.05, 0.1) is 11.0 Å². The van der Waals surface area contributed by atoms with Gasteiger partial charge in [0.25, 0.3) is 0 Å². The topological polar surface area (TPSA) is 8.17 Å². The van der Waals surface area contributed by atoms with Crippen molar-refractivity contribution in [1.82, 2.24) is 4.57 Å². The molecule has 2 heteroatoms. The van der Waals surface area contributed by atoms with E-state index in [1.165, 1.54) is 76.4 Å². The maximum absolute atomic E-state index is 2.47. The molecule has 11 rings (SSSR count). The third-order valence-electron chi connectivity index (χ3n) is 11.4. The van der Waals surface area contributed by atoms with Crippen LogP contribution in [0.5, 0.6) is 0 Å². The average Bonchev–Trinajstić information content (AvgIpc) is 3.63. The van der Waals surface area contributed by atoms with Crippen molar-refractivity contribution in [2.45, 2.75) is 0 Å². The number of nitrogens with zero attached hydrogens (tertiary/aromatic N) is 2. The fourth-order valence-electron chi connectivity index (χ4n) is 8.77. The van der Waals surface area contributed by atoms with Gasteiger partial charge in [-0.2, -0.15) is 0 Å². The first-order chi connectivity index (χ1) is 27.8. The highest BCUT2D eigenvalue weighted by Gasteiger charge is 2.21. The molecular formula is C54H36N2. The molecule has 1 heterocycles. The Labute approximate surface area is 325 Å². The summed E-state index contributed by atoms with van der Waals surface area (Å²) in [4.78, 5) is 2.34. The van der Waals surface area contributed by atoms with Crippen molar-refractivity contribution in [3.05, 3.63) is 218 Å². The maximum Gasteiger partial charge on any atom is 0.0626 e. The molecule has 0 radical (unpaired) electrons. The van der Waals surface area contributed by atoms with Crippen molar-refractivity contribution in [3.63, 3.8) is 0 Å². The second-order valence-corrected chi connectivity index (χ2v) is 14.5. The number of benzene rings is 10. The molecule has 0 bridgehead atoms. The van der Waals surface area contributed by atoms with E-state index in [2.05, 4.69) is 228 Å². The van der Waals surface area contributed by atoms with Gasteiger partial charge in [0.1, 0.15) is 0 Å². The number of hydrogen-bond acceptors (Lipinski definition) is 1. The normalized spacial score (nSPS) is 11.6. The zero-order valence-electron chi connectivity index (χ0n) is 30.7. The summed E-state index contributed by atoms with van der Waals surface area (Å²) in [5, 5.41) is 10.2. The van der Waals surface area contributed by atoms with Gasteiger partial charge in [-0.15, -0.1) is 0 Å². The molecule has 0 unspecified atom stereocenters. The molecular weight excluding hydrogens is 677 g/mol. The first-order valence-corrected chi connectivity index (χ1v) is 19.3. The van der Waals surface area contributed by atoms with Crippen molar-refractivity contribution >= 4 is 71.2 Å². The van der Waals surface area contributed by atoms with Crippen LogP contribution < -0.4 is 4.90 Å². The zero-order chi connectivity index (χ0) is 37.0. The third kappa shape index (κ3) is 5.19. The van der Waals surface area contributed by atoms with Crippen LogP contribution in [0.3, 0.4) is 0 Å². The lowest BCUT2D eigenvalue weighted by molar-refractivity contribution is 1.18. The predicted molar refractivity (Wildman–Crippen MR) is 239 cm³/mol. The molecule has 0 aliphatic heterocycles. The Balaban J connectivity index is 1.04. The first kappa shape index (κ1) is 32.0. The maximum atomic E-state index is 2.47. The molecule has 0 aliphatic rings. The summed E-state index contributed by atoms with van der Waals surface area (Å²) in [5.41, 5.74) is 11.7. The molecule has 0 saturated heterocycles. The fraction of sp³-hybridized carbons (Fsp3) is 0. The zero-order valence-corrected chi connectivity index (χ0v) is 30.7. The lowest BCUT2D eigenvalue weighted by atomic mass is 9.93. The fourth-order valence-corrected chi connectivity index (χ4v) is 8.77. The van der Waals surface area contributed by atoms with Crippen LogP contribution in [-0.2, 0) is 0 Å². The van der Waals surface area contributed by atoms with Crippen molar-refractivity contribution in [3.8, 4) is 27.9 Å². The Morgan fingerprint density at radius 2 is 0.768 bits per heavy atom. The van der Waals surface area contributed by atoms with Crippen molar-refractivity contribution in [2.24, 2.45) is 0 Å². The smallest absolute Gasteiger partial charge is 0.0626 e.